The van der Waals surface area contributed by atoms with Crippen molar-refractivity contribution in [3.8, 4) is 0 Å². The topological polar surface area (TPSA) is 38.8 Å². The van der Waals surface area contributed by atoms with Crippen LogP contribution in [0.4, 0.5) is 0 Å². The number of hydrogen-bond donors (Lipinski definition) is 0. The van der Waals surface area contributed by atoms with E-state index >= 15 is 0 Å². The van der Waals surface area contributed by atoms with Gasteiger partial charge in [-0.1, -0.05) is 15.9 Å². The summed E-state index contributed by atoms with van der Waals surface area (Å²) in [5.74, 6) is -0.298. The maximum Gasteiger partial charge on any atom is 0.338 e. The maximum atomic E-state index is 11.4. The smallest absolute Gasteiger partial charge is 0.338 e. The predicted octanol–water partition coefficient (Wildman–Crippen LogP) is 2.00. The summed E-state index contributed by atoms with van der Waals surface area (Å²) in [5.41, 5.74) is 0.564. The zero-order chi connectivity index (χ0) is 9.97. The van der Waals surface area contributed by atoms with Crippen molar-refractivity contribution in [2.24, 2.45) is 0 Å². The Kier molecular flexibility index (Phi) is 2.84. The second-order valence-electron chi connectivity index (χ2n) is 3.06. The van der Waals surface area contributed by atoms with E-state index in [0.717, 1.165) is 4.47 Å². The van der Waals surface area contributed by atoms with E-state index in [1.165, 1.54) is 0 Å². The molecule has 1 heterocycles. The van der Waals surface area contributed by atoms with Gasteiger partial charge in [0.25, 0.3) is 0 Å². The average molecular weight is 257 g/mol. The summed E-state index contributed by atoms with van der Waals surface area (Å²) in [4.78, 5) is 11.4. The number of carbonyl (C=O) groups excluding carboxylic acids is 1. The predicted molar refractivity (Wildman–Crippen MR) is 54.2 cm³/mol. The number of halogens is 1. The van der Waals surface area contributed by atoms with Gasteiger partial charge in [0.1, 0.15) is 12.7 Å². The van der Waals surface area contributed by atoms with Crippen LogP contribution in [0.2, 0.25) is 0 Å². The van der Waals surface area contributed by atoms with Gasteiger partial charge < -0.3 is 9.47 Å². The van der Waals surface area contributed by atoms with Crippen LogP contribution in [-0.2, 0) is 9.47 Å². The van der Waals surface area contributed by atoms with E-state index in [-0.39, 0.29) is 12.1 Å². The summed E-state index contributed by atoms with van der Waals surface area (Å²) in [6.45, 7) is 1.06. The molecule has 3 nitrogen and oxygen atoms in total. The summed E-state index contributed by atoms with van der Waals surface area (Å²) in [6.07, 6.45) is 0.120. The zero-order valence-corrected chi connectivity index (χ0v) is 8.99. The van der Waals surface area contributed by atoms with Gasteiger partial charge >= 0.3 is 5.97 Å². The van der Waals surface area contributed by atoms with Crippen LogP contribution < -0.4 is 0 Å². The lowest BCUT2D eigenvalue weighted by Crippen LogP contribution is -2.09. The Morgan fingerprint density at radius 2 is 2.14 bits per heavy atom. The van der Waals surface area contributed by atoms with Gasteiger partial charge in [-0.05, 0) is 24.3 Å². The summed E-state index contributed by atoms with van der Waals surface area (Å²) >= 11 is 3.29. The number of hydrogen-bond acceptors (Lipinski definition) is 3. The molecule has 0 unspecified atom stereocenters. The first-order valence-electron chi connectivity index (χ1n) is 4.30. The highest BCUT2D eigenvalue weighted by Crippen LogP contribution is 2.13. The quantitative estimate of drug-likeness (QED) is 0.614. The van der Waals surface area contributed by atoms with Gasteiger partial charge in [0.15, 0.2) is 0 Å². The van der Waals surface area contributed by atoms with Crippen molar-refractivity contribution in [3.05, 3.63) is 34.3 Å². The SMILES string of the molecule is O=C(OC[C@@H]1CO1)c1ccc(Br)cc1. The molecule has 0 aromatic heterocycles. The number of ether oxygens (including phenoxy) is 2. The molecule has 1 aromatic carbocycles. The Labute approximate surface area is 90.1 Å². The minimum atomic E-state index is -0.298. The molecule has 1 saturated heterocycles. The minimum absolute atomic E-state index is 0.120. The van der Waals surface area contributed by atoms with Gasteiger partial charge in [-0.15, -0.1) is 0 Å². The van der Waals surface area contributed by atoms with Crippen LogP contribution in [-0.4, -0.2) is 25.3 Å². The number of epoxide rings is 1. The molecule has 0 amide bonds. The van der Waals surface area contributed by atoms with E-state index in [1.807, 2.05) is 12.1 Å². The molecule has 74 valence electrons. The molecule has 14 heavy (non-hydrogen) atoms. The summed E-state index contributed by atoms with van der Waals surface area (Å²) in [6, 6.07) is 7.06. The third-order valence-corrected chi connectivity index (χ3v) is 2.41. The molecule has 0 radical (unpaired) electrons. The van der Waals surface area contributed by atoms with Crippen LogP contribution in [0.3, 0.4) is 0 Å². The summed E-state index contributed by atoms with van der Waals surface area (Å²) in [7, 11) is 0. The standard InChI is InChI=1S/C10H9BrO3/c11-8-3-1-7(2-4-8)10(12)14-6-9-5-13-9/h1-4,9H,5-6H2/t9-/m0/s1. The van der Waals surface area contributed by atoms with Crippen molar-refractivity contribution < 1.29 is 14.3 Å². The Morgan fingerprint density at radius 3 is 2.71 bits per heavy atom. The van der Waals surface area contributed by atoms with Crippen LogP contribution in [0.15, 0.2) is 28.7 Å². The van der Waals surface area contributed by atoms with Gasteiger partial charge in [-0.2, -0.15) is 0 Å². The molecule has 1 aromatic rings. The zero-order valence-electron chi connectivity index (χ0n) is 7.40. The van der Waals surface area contributed by atoms with Crippen LogP contribution in [0.5, 0.6) is 0 Å². The van der Waals surface area contributed by atoms with E-state index in [9.17, 15) is 4.79 Å². The highest BCUT2D eigenvalue weighted by molar-refractivity contribution is 9.10. The number of esters is 1. The molecular formula is C10H9BrO3. The lowest BCUT2D eigenvalue weighted by Gasteiger charge is -2.02. The van der Waals surface area contributed by atoms with Crippen LogP contribution in [0.1, 0.15) is 10.4 Å². The highest BCUT2D eigenvalue weighted by atomic mass is 79.9. The van der Waals surface area contributed by atoms with E-state index in [2.05, 4.69) is 15.9 Å². The molecule has 2 rings (SSSR count). The minimum Gasteiger partial charge on any atom is -0.459 e. The van der Waals surface area contributed by atoms with E-state index in [4.69, 9.17) is 9.47 Å². The molecule has 1 aliphatic heterocycles. The fourth-order valence-electron chi connectivity index (χ4n) is 1.00. The second-order valence-corrected chi connectivity index (χ2v) is 3.98. The molecule has 1 fully saturated rings. The Hall–Kier alpha value is -0.870. The van der Waals surface area contributed by atoms with Crippen molar-refractivity contribution in [1.82, 2.24) is 0 Å². The van der Waals surface area contributed by atoms with Crippen LogP contribution in [0.25, 0.3) is 0 Å². The molecule has 0 saturated carbocycles. The molecular weight excluding hydrogens is 248 g/mol. The fraction of sp³-hybridized carbons (Fsp3) is 0.300. The lowest BCUT2D eigenvalue weighted by molar-refractivity contribution is 0.0476. The third-order valence-electron chi connectivity index (χ3n) is 1.88. The molecule has 1 atom stereocenters. The Bertz CT molecular complexity index is 330. The van der Waals surface area contributed by atoms with Crippen molar-refractivity contribution >= 4 is 21.9 Å². The molecule has 1 aliphatic rings. The lowest BCUT2D eigenvalue weighted by atomic mass is 10.2. The average Bonchev–Trinajstić information content (AvgIpc) is 2.99. The first kappa shape index (κ1) is 9.68. The monoisotopic (exact) mass is 256 g/mol. The third kappa shape index (κ3) is 2.56. The van der Waals surface area contributed by atoms with E-state index < -0.39 is 0 Å². The van der Waals surface area contributed by atoms with Gasteiger partial charge in [-0.25, -0.2) is 4.79 Å². The normalized spacial score (nSPS) is 19.1. The van der Waals surface area contributed by atoms with E-state index in [1.54, 1.807) is 12.1 Å². The maximum absolute atomic E-state index is 11.4. The summed E-state index contributed by atoms with van der Waals surface area (Å²) in [5, 5.41) is 0. The fourth-order valence-corrected chi connectivity index (χ4v) is 1.27. The Morgan fingerprint density at radius 1 is 1.50 bits per heavy atom. The first-order valence-corrected chi connectivity index (χ1v) is 5.09. The van der Waals surface area contributed by atoms with Crippen molar-refractivity contribution in [2.45, 2.75) is 6.10 Å². The molecule has 0 bridgehead atoms. The largest absolute Gasteiger partial charge is 0.459 e. The van der Waals surface area contributed by atoms with Gasteiger partial charge in [0.05, 0.1) is 12.2 Å². The van der Waals surface area contributed by atoms with Crippen LogP contribution in [0, 0.1) is 0 Å². The van der Waals surface area contributed by atoms with Crippen LogP contribution >= 0.6 is 15.9 Å². The van der Waals surface area contributed by atoms with Crippen molar-refractivity contribution in [2.75, 3.05) is 13.2 Å². The number of benzene rings is 1. The number of carbonyl (C=O) groups is 1. The first-order chi connectivity index (χ1) is 6.75. The Balaban J connectivity index is 1.92. The molecule has 0 spiro atoms. The highest BCUT2D eigenvalue weighted by Gasteiger charge is 2.24. The molecule has 0 N–H and O–H groups in total. The van der Waals surface area contributed by atoms with Crippen molar-refractivity contribution in [1.29, 1.82) is 0 Å². The van der Waals surface area contributed by atoms with Gasteiger partial charge in [0.2, 0.25) is 0 Å². The van der Waals surface area contributed by atoms with E-state index in [0.29, 0.717) is 18.8 Å². The number of rotatable bonds is 3. The second kappa shape index (κ2) is 4.11. The van der Waals surface area contributed by atoms with Gasteiger partial charge in [0, 0.05) is 4.47 Å². The summed E-state index contributed by atoms with van der Waals surface area (Å²) < 4.78 is 10.9. The molecule has 4 heteroatoms. The van der Waals surface area contributed by atoms with Gasteiger partial charge in [-0.3, -0.25) is 0 Å². The molecule has 0 aliphatic carbocycles. The van der Waals surface area contributed by atoms with Crippen molar-refractivity contribution in [3.63, 3.8) is 0 Å².